The zero-order valence-corrected chi connectivity index (χ0v) is 7.85. The van der Waals surface area contributed by atoms with Crippen LogP contribution in [0.1, 0.15) is 12.8 Å². The van der Waals surface area contributed by atoms with E-state index in [0.29, 0.717) is 12.8 Å². The van der Waals surface area contributed by atoms with Crippen molar-refractivity contribution in [1.29, 1.82) is 0 Å². The second-order valence-electron chi connectivity index (χ2n) is 2.69. The Kier molecular flexibility index (Phi) is 8.27. The number of hydrogen-bond donors (Lipinski definition) is 3. The van der Waals surface area contributed by atoms with E-state index in [1.807, 2.05) is 0 Å². The van der Waals surface area contributed by atoms with Gasteiger partial charge in [0.2, 0.25) is 0 Å². The smallest absolute Gasteiger partial charge is 0.154 e. The third-order valence-electron chi connectivity index (χ3n) is 1.49. The number of ether oxygens (including phenoxy) is 2. The Hall–Kier alpha value is -0.200. The molecule has 0 aromatic heterocycles. The van der Waals surface area contributed by atoms with E-state index in [-0.39, 0.29) is 19.3 Å². The first-order valence-electron chi connectivity index (χ1n) is 4.28. The lowest BCUT2D eigenvalue weighted by Gasteiger charge is -2.04. The van der Waals surface area contributed by atoms with Crippen LogP contribution in [0.25, 0.3) is 0 Å². The first-order valence-corrected chi connectivity index (χ1v) is 4.28. The van der Waals surface area contributed by atoms with Crippen molar-refractivity contribution in [1.82, 2.24) is 0 Å². The van der Waals surface area contributed by atoms with Gasteiger partial charge in [-0.25, -0.2) is 0 Å². The van der Waals surface area contributed by atoms with Crippen LogP contribution in [-0.4, -0.2) is 54.6 Å². The normalized spacial score (nSPS) is 21.7. The van der Waals surface area contributed by atoms with E-state index in [9.17, 15) is 0 Å². The lowest BCUT2D eigenvalue weighted by molar-refractivity contribution is -0.0806. The van der Waals surface area contributed by atoms with Gasteiger partial charge in [0, 0.05) is 20.1 Å². The maximum absolute atomic E-state index is 8.66. The van der Waals surface area contributed by atoms with E-state index >= 15 is 0 Å². The van der Waals surface area contributed by atoms with Crippen LogP contribution in [0.4, 0.5) is 0 Å². The highest BCUT2D eigenvalue weighted by molar-refractivity contribution is 4.65. The molecule has 5 heteroatoms. The van der Waals surface area contributed by atoms with Crippen LogP contribution in [0.3, 0.4) is 0 Å². The molecule has 1 aliphatic rings. The molecule has 5 nitrogen and oxygen atoms in total. The highest BCUT2D eigenvalue weighted by Gasteiger charge is 2.19. The van der Waals surface area contributed by atoms with Gasteiger partial charge in [0.05, 0.1) is 13.2 Å². The largest absolute Gasteiger partial charge is 0.396 e. The van der Waals surface area contributed by atoms with E-state index in [1.165, 1.54) is 7.11 Å². The molecule has 0 saturated carbocycles. The quantitative estimate of drug-likeness (QED) is 0.390. The van der Waals surface area contributed by atoms with Crippen molar-refractivity contribution in [3.63, 3.8) is 0 Å². The van der Waals surface area contributed by atoms with Gasteiger partial charge in [0.25, 0.3) is 0 Å². The zero-order chi connectivity index (χ0) is 10.1. The average Bonchev–Trinajstić information content (AvgIpc) is 2.98. The molecule has 1 heterocycles. The minimum absolute atomic E-state index is 0.112. The fourth-order valence-electron chi connectivity index (χ4n) is 0.557. The van der Waals surface area contributed by atoms with E-state index in [0.717, 1.165) is 6.61 Å². The summed E-state index contributed by atoms with van der Waals surface area (Å²) in [5, 5.41) is 25.0. The Morgan fingerprint density at radius 2 is 2.15 bits per heavy atom. The number of aliphatic hydroxyl groups is 3. The van der Waals surface area contributed by atoms with Gasteiger partial charge in [-0.15, -0.1) is 0 Å². The van der Waals surface area contributed by atoms with Crippen molar-refractivity contribution in [3.05, 3.63) is 0 Å². The van der Waals surface area contributed by atoms with Crippen LogP contribution in [0.15, 0.2) is 0 Å². The highest BCUT2D eigenvalue weighted by atomic mass is 16.6. The number of hydrogen-bond acceptors (Lipinski definition) is 5. The van der Waals surface area contributed by atoms with Gasteiger partial charge in [-0.1, -0.05) is 0 Å². The minimum Gasteiger partial charge on any atom is -0.396 e. The summed E-state index contributed by atoms with van der Waals surface area (Å²) in [6, 6.07) is 0. The molecule has 3 N–H and O–H groups in total. The minimum atomic E-state index is -0.706. The van der Waals surface area contributed by atoms with Crippen molar-refractivity contribution in [2.75, 3.05) is 26.9 Å². The maximum atomic E-state index is 8.66. The summed E-state index contributed by atoms with van der Waals surface area (Å²) in [5.74, 6) is 0. The topological polar surface area (TPSA) is 82.5 Å². The molecule has 2 unspecified atom stereocenters. The molecule has 1 fully saturated rings. The Bertz CT molecular complexity index is 105. The lowest BCUT2D eigenvalue weighted by Crippen LogP contribution is -2.08. The molecule has 0 amide bonds. The molecule has 1 saturated heterocycles. The summed E-state index contributed by atoms with van der Waals surface area (Å²) >= 11 is 0. The molecule has 80 valence electrons. The number of aliphatic hydroxyl groups excluding tert-OH is 3. The fraction of sp³-hybridized carbons (Fsp3) is 1.00. The first kappa shape index (κ1) is 12.8. The Morgan fingerprint density at radius 1 is 1.54 bits per heavy atom. The Labute approximate surface area is 77.9 Å². The fourth-order valence-corrected chi connectivity index (χ4v) is 0.557. The van der Waals surface area contributed by atoms with Crippen LogP contribution >= 0.6 is 0 Å². The molecule has 1 aliphatic heterocycles. The third kappa shape index (κ3) is 9.72. The van der Waals surface area contributed by atoms with E-state index < -0.39 is 6.29 Å². The average molecular weight is 194 g/mol. The van der Waals surface area contributed by atoms with E-state index in [2.05, 4.69) is 9.47 Å². The number of methoxy groups -OCH3 is 1. The molecular weight excluding hydrogens is 176 g/mol. The van der Waals surface area contributed by atoms with Gasteiger partial charge in [-0.3, -0.25) is 0 Å². The molecule has 0 spiro atoms. The van der Waals surface area contributed by atoms with Crippen LogP contribution < -0.4 is 0 Å². The summed E-state index contributed by atoms with van der Waals surface area (Å²) in [4.78, 5) is 0. The highest BCUT2D eigenvalue weighted by Crippen LogP contribution is 2.04. The molecule has 0 aromatic carbocycles. The second kappa shape index (κ2) is 8.40. The van der Waals surface area contributed by atoms with Gasteiger partial charge in [0.15, 0.2) is 6.29 Å². The number of rotatable bonds is 5. The molecule has 0 radical (unpaired) electrons. The molecule has 0 aliphatic carbocycles. The van der Waals surface area contributed by atoms with Crippen LogP contribution in [0.2, 0.25) is 0 Å². The van der Waals surface area contributed by atoms with Gasteiger partial charge >= 0.3 is 0 Å². The summed E-state index contributed by atoms with van der Waals surface area (Å²) in [5.41, 5.74) is 0. The number of epoxide rings is 1. The summed E-state index contributed by atoms with van der Waals surface area (Å²) in [6.07, 6.45) is 0.583. The third-order valence-corrected chi connectivity index (χ3v) is 1.49. The summed E-state index contributed by atoms with van der Waals surface area (Å²) < 4.78 is 9.10. The molecule has 0 bridgehead atoms. The zero-order valence-electron chi connectivity index (χ0n) is 7.85. The predicted molar refractivity (Wildman–Crippen MR) is 46.2 cm³/mol. The molecule has 13 heavy (non-hydrogen) atoms. The maximum Gasteiger partial charge on any atom is 0.154 e. The SMILES string of the molecule is COC(O)CCCO.OCC1CO1. The molecule has 1 rings (SSSR count). The molecule has 0 aromatic rings. The van der Waals surface area contributed by atoms with Crippen LogP contribution in [-0.2, 0) is 9.47 Å². The van der Waals surface area contributed by atoms with Gasteiger partial charge in [-0.05, 0) is 6.42 Å². The lowest BCUT2D eigenvalue weighted by atomic mass is 10.3. The molecule has 2 atom stereocenters. The van der Waals surface area contributed by atoms with Crippen molar-refractivity contribution in [3.8, 4) is 0 Å². The van der Waals surface area contributed by atoms with Gasteiger partial charge in [0.1, 0.15) is 6.10 Å². The van der Waals surface area contributed by atoms with Gasteiger partial charge < -0.3 is 24.8 Å². The van der Waals surface area contributed by atoms with E-state index in [1.54, 1.807) is 0 Å². The van der Waals surface area contributed by atoms with Crippen LogP contribution in [0.5, 0.6) is 0 Å². The standard InChI is InChI=1S/C5H12O3.C3H6O2/c1-8-5(7)3-2-4-6;4-1-3-2-5-3/h5-7H,2-4H2,1H3;3-4H,1-2H2. The Balaban J connectivity index is 0.000000243. The second-order valence-corrected chi connectivity index (χ2v) is 2.69. The van der Waals surface area contributed by atoms with Crippen molar-refractivity contribution < 1.29 is 24.8 Å². The molecular formula is C8H18O5. The van der Waals surface area contributed by atoms with Crippen molar-refractivity contribution >= 4 is 0 Å². The monoisotopic (exact) mass is 194 g/mol. The summed E-state index contributed by atoms with van der Waals surface area (Å²) in [6.45, 7) is 1.07. The van der Waals surface area contributed by atoms with E-state index in [4.69, 9.17) is 15.3 Å². The van der Waals surface area contributed by atoms with Gasteiger partial charge in [-0.2, -0.15) is 0 Å². The van der Waals surface area contributed by atoms with Crippen molar-refractivity contribution in [2.45, 2.75) is 25.2 Å². The summed E-state index contributed by atoms with van der Waals surface area (Å²) in [7, 11) is 1.43. The van der Waals surface area contributed by atoms with Crippen LogP contribution in [0, 0.1) is 0 Å². The van der Waals surface area contributed by atoms with Crippen molar-refractivity contribution in [2.24, 2.45) is 0 Å². The first-order chi connectivity index (χ1) is 6.24. The Morgan fingerprint density at radius 3 is 2.38 bits per heavy atom. The predicted octanol–water partition coefficient (Wildman–Crippen LogP) is -0.899.